The predicted molar refractivity (Wildman–Crippen MR) is 69.7 cm³/mol. The summed E-state index contributed by atoms with van der Waals surface area (Å²) in [5.41, 5.74) is 2.38. The molecule has 0 radical (unpaired) electrons. The molecule has 0 bridgehead atoms. The molecule has 0 aliphatic carbocycles. The van der Waals surface area contributed by atoms with E-state index in [4.69, 9.17) is 4.74 Å². The van der Waals surface area contributed by atoms with Crippen molar-refractivity contribution in [3.8, 4) is 5.75 Å². The Balaban J connectivity index is 2.09. The fourth-order valence-corrected chi connectivity index (χ4v) is 2.17. The lowest BCUT2D eigenvalue weighted by molar-refractivity contribution is -0.119. The van der Waals surface area contributed by atoms with E-state index in [2.05, 4.69) is 5.32 Å². The van der Waals surface area contributed by atoms with Crippen LogP contribution in [-0.2, 0) is 9.53 Å². The number of hydrogen-bond acceptors (Lipinski definition) is 3. The van der Waals surface area contributed by atoms with Gasteiger partial charge < -0.3 is 15.2 Å². The van der Waals surface area contributed by atoms with Crippen molar-refractivity contribution in [3.05, 3.63) is 23.3 Å². The van der Waals surface area contributed by atoms with Crippen LogP contribution in [-0.4, -0.2) is 23.7 Å². The molecule has 1 aromatic rings. The summed E-state index contributed by atoms with van der Waals surface area (Å²) in [5.74, 6) is 0.171. The number of aryl methyl sites for hydroxylation is 2. The molecule has 1 aromatic carbocycles. The molecule has 2 unspecified atom stereocenters. The molecule has 1 aliphatic rings. The van der Waals surface area contributed by atoms with Gasteiger partial charge in [-0.3, -0.25) is 4.79 Å². The summed E-state index contributed by atoms with van der Waals surface area (Å²) < 4.78 is 5.40. The molecular formula is C14H19NO3. The average molecular weight is 249 g/mol. The standard InChI is InChI=1S/C14H19NO3/c1-8-5-13(16)9(2)4-12(8)15-14(17)11-6-10(3)18-7-11/h4-5,10-11,16H,6-7H2,1-3H3,(H,15,17). The van der Waals surface area contributed by atoms with Gasteiger partial charge in [-0.1, -0.05) is 0 Å². The third-order valence-electron chi connectivity index (χ3n) is 3.37. The van der Waals surface area contributed by atoms with Crippen molar-refractivity contribution in [2.75, 3.05) is 11.9 Å². The van der Waals surface area contributed by atoms with E-state index in [9.17, 15) is 9.90 Å². The monoisotopic (exact) mass is 249 g/mol. The number of rotatable bonds is 2. The highest BCUT2D eigenvalue weighted by atomic mass is 16.5. The first kappa shape index (κ1) is 12.9. The molecule has 2 rings (SSSR count). The van der Waals surface area contributed by atoms with Crippen LogP contribution >= 0.6 is 0 Å². The van der Waals surface area contributed by atoms with E-state index in [1.807, 2.05) is 20.8 Å². The van der Waals surface area contributed by atoms with Gasteiger partial charge in [0.1, 0.15) is 5.75 Å². The Morgan fingerprint density at radius 1 is 1.39 bits per heavy atom. The van der Waals surface area contributed by atoms with Crippen LogP contribution in [0.5, 0.6) is 5.75 Å². The second-order valence-corrected chi connectivity index (χ2v) is 5.02. The van der Waals surface area contributed by atoms with Crippen molar-refractivity contribution < 1.29 is 14.6 Å². The highest BCUT2D eigenvalue weighted by molar-refractivity contribution is 5.93. The van der Waals surface area contributed by atoms with Gasteiger partial charge in [-0.15, -0.1) is 0 Å². The largest absolute Gasteiger partial charge is 0.508 e. The molecule has 1 saturated heterocycles. The minimum atomic E-state index is -0.0755. The normalized spacial score (nSPS) is 23.1. The molecule has 0 spiro atoms. The van der Waals surface area contributed by atoms with E-state index in [1.165, 1.54) is 0 Å². The van der Waals surface area contributed by atoms with Crippen molar-refractivity contribution in [1.82, 2.24) is 0 Å². The smallest absolute Gasteiger partial charge is 0.229 e. The van der Waals surface area contributed by atoms with Gasteiger partial charge in [0.25, 0.3) is 0 Å². The topological polar surface area (TPSA) is 58.6 Å². The number of hydrogen-bond donors (Lipinski definition) is 2. The number of aromatic hydroxyl groups is 1. The third-order valence-corrected chi connectivity index (χ3v) is 3.37. The number of carbonyl (C=O) groups excluding carboxylic acids is 1. The first-order valence-corrected chi connectivity index (χ1v) is 6.20. The summed E-state index contributed by atoms with van der Waals surface area (Å²) in [7, 11) is 0. The molecule has 2 atom stereocenters. The number of anilines is 1. The van der Waals surface area contributed by atoms with E-state index in [-0.39, 0.29) is 23.7 Å². The van der Waals surface area contributed by atoms with Gasteiger partial charge in [0, 0.05) is 5.69 Å². The maximum Gasteiger partial charge on any atom is 0.229 e. The fraction of sp³-hybridized carbons (Fsp3) is 0.500. The lowest BCUT2D eigenvalue weighted by Gasteiger charge is -2.13. The van der Waals surface area contributed by atoms with Crippen LogP contribution in [0.15, 0.2) is 12.1 Å². The van der Waals surface area contributed by atoms with E-state index in [1.54, 1.807) is 12.1 Å². The molecule has 98 valence electrons. The number of amides is 1. The lowest BCUT2D eigenvalue weighted by atomic mass is 10.0. The predicted octanol–water partition coefficient (Wildman–Crippen LogP) is 2.37. The number of ether oxygens (including phenoxy) is 1. The molecule has 2 N–H and O–H groups in total. The Morgan fingerprint density at radius 3 is 2.72 bits per heavy atom. The summed E-state index contributed by atoms with van der Waals surface area (Å²) in [4.78, 5) is 12.1. The van der Waals surface area contributed by atoms with Crippen LogP contribution in [0.1, 0.15) is 24.5 Å². The van der Waals surface area contributed by atoms with E-state index < -0.39 is 0 Å². The Kier molecular flexibility index (Phi) is 3.57. The zero-order valence-corrected chi connectivity index (χ0v) is 11.0. The molecule has 4 nitrogen and oxygen atoms in total. The van der Waals surface area contributed by atoms with Crippen LogP contribution < -0.4 is 5.32 Å². The van der Waals surface area contributed by atoms with Crippen LogP contribution in [0.4, 0.5) is 5.69 Å². The number of nitrogens with one attached hydrogen (secondary N) is 1. The van der Waals surface area contributed by atoms with E-state index >= 15 is 0 Å². The summed E-state index contributed by atoms with van der Waals surface area (Å²) in [5, 5.41) is 12.5. The quantitative estimate of drug-likeness (QED) is 0.791. The summed E-state index contributed by atoms with van der Waals surface area (Å²) in [6, 6.07) is 3.46. The van der Waals surface area contributed by atoms with Crippen LogP contribution in [0, 0.1) is 19.8 Å². The molecular weight excluding hydrogens is 230 g/mol. The summed E-state index contributed by atoms with van der Waals surface area (Å²) in [6.45, 7) is 6.14. The zero-order valence-electron chi connectivity index (χ0n) is 11.0. The van der Waals surface area contributed by atoms with Crippen molar-refractivity contribution in [1.29, 1.82) is 0 Å². The van der Waals surface area contributed by atoms with Crippen molar-refractivity contribution >= 4 is 11.6 Å². The SMILES string of the molecule is Cc1cc(NC(=O)C2COC(C)C2)c(C)cc1O. The summed E-state index contributed by atoms with van der Waals surface area (Å²) >= 11 is 0. The molecule has 4 heteroatoms. The van der Waals surface area contributed by atoms with Crippen molar-refractivity contribution in [2.45, 2.75) is 33.3 Å². The maximum atomic E-state index is 12.1. The molecule has 1 fully saturated rings. The molecule has 1 amide bonds. The van der Waals surface area contributed by atoms with Gasteiger partial charge in [0.15, 0.2) is 0 Å². The van der Waals surface area contributed by atoms with Gasteiger partial charge >= 0.3 is 0 Å². The molecule has 18 heavy (non-hydrogen) atoms. The summed E-state index contributed by atoms with van der Waals surface area (Å²) in [6.07, 6.45) is 0.922. The maximum absolute atomic E-state index is 12.1. The Bertz CT molecular complexity index is 470. The Morgan fingerprint density at radius 2 is 2.11 bits per heavy atom. The van der Waals surface area contributed by atoms with Crippen LogP contribution in [0.25, 0.3) is 0 Å². The number of phenolic OH excluding ortho intramolecular Hbond substituents is 1. The second kappa shape index (κ2) is 4.98. The second-order valence-electron chi connectivity index (χ2n) is 5.02. The highest BCUT2D eigenvalue weighted by Crippen LogP contribution is 2.26. The van der Waals surface area contributed by atoms with Gasteiger partial charge in [0.05, 0.1) is 18.6 Å². The fourth-order valence-electron chi connectivity index (χ4n) is 2.17. The highest BCUT2D eigenvalue weighted by Gasteiger charge is 2.28. The van der Waals surface area contributed by atoms with E-state index in [0.29, 0.717) is 6.61 Å². The first-order valence-electron chi connectivity index (χ1n) is 6.20. The molecule has 1 heterocycles. The van der Waals surface area contributed by atoms with Gasteiger partial charge in [-0.2, -0.15) is 0 Å². The van der Waals surface area contributed by atoms with Crippen LogP contribution in [0.2, 0.25) is 0 Å². The molecule has 0 saturated carbocycles. The number of phenols is 1. The Labute approximate surface area is 107 Å². The van der Waals surface area contributed by atoms with Gasteiger partial charge in [-0.25, -0.2) is 0 Å². The van der Waals surface area contributed by atoms with Crippen molar-refractivity contribution in [3.63, 3.8) is 0 Å². The lowest BCUT2D eigenvalue weighted by Crippen LogP contribution is -2.23. The third kappa shape index (κ3) is 2.64. The number of carbonyl (C=O) groups is 1. The molecule has 0 aromatic heterocycles. The minimum absolute atomic E-state index is 0.00691. The van der Waals surface area contributed by atoms with Gasteiger partial charge in [-0.05, 0) is 50.5 Å². The molecule has 1 aliphatic heterocycles. The number of benzene rings is 1. The average Bonchev–Trinajstić information content (AvgIpc) is 2.73. The van der Waals surface area contributed by atoms with Crippen molar-refractivity contribution in [2.24, 2.45) is 5.92 Å². The van der Waals surface area contributed by atoms with Crippen LogP contribution in [0.3, 0.4) is 0 Å². The Hall–Kier alpha value is -1.55. The van der Waals surface area contributed by atoms with Gasteiger partial charge in [0.2, 0.25) is 5.91 Å². The minimum Gasteiger partial charge on any atom is -0.508 e. The van der Waals surface area contributed by atoms with E-state index in [0.717, 1.165) is 23.2 Å². The zero-order chi connectivity index (χ0) is 13.3. The first-order chi connectivity index (χ1) is 8.47.